The summed E-state index contributed by atoms with van der Waals surface area (Å²) in [6.07, 6.45) is 0.518. The van der Waals surface area contributed by atoms with Crippen molar-refractivity contribution >= 4 is 30.7 Å². The van der Waals surface area contributed by atoms with Gasteiger partial charge in [-0.2, -0.15) is 0 Å². The van der Waals surface area contributed by atoms with Crippen LogP contribution < -0.4 is 10.6 Å². The molecule has 0 saturated heterocycles. The summed E-state index contributed by atoms with van der Waals surface area (Å²) in [6, 6.07) is 8.80. The number of amides is 1. The maximum atomic E-state index is 11.7. The van der Waals surface area contributed by atoms with E-state index in [1.165, 1.54) is 11.1 Å². The molecule has 0 aliphatic carbocycles. The first-order valence-electron chi connectivity index (χ1n) is 7.23. The summed E-state index contributed by atoms with van der Waals surface area (Å²) in [6.45, 7) is 6.58. The molecule has 4 nitrogen and oxygen atoms in total. The highest BCUT2D eigenvalue weighted by molar-refractivity contribution is 5.85. The summed E-state index contributed by atoms with van der Waals surface area (Å²) >= 11 is 0. The van der Waals surface area contributed by atoms with Crippen LogP contribution in [0.25, 0.3) is 0 Å². The SMILES string of the molecule is CNCCC(=O)NCc1ccccc1CN(C)C(C)C.Cl.Cl. The van der Waals surface area contributed by atoms with Crippen LogP contribution in [0.2, 0.25) is 0 Å². The van der Waals surface area contributed by atoms with Crippen LogP contribution in [0.3, 0.4) is 0 Å². The van der Waals surface area contributed by atoms with Gasteiger partial charge < -0.3 is 10.6 Å². The average molecular weight is 350 g/mol. The Kier molecular flexibility index (Phi) is 13.5. The molecule has 0 spiro atoms. The third-order valence-electron chi connectivity index (χ3n) is 3.50. The molecule has 1 amide bonds. The third kappa shape index (κ3) is 8.59. The molecule has 0 saturated carbocycles. The Morgan fingerprint density at radius 2 is 1.77 bits per heavy atom. The van der Waals surface area contributed by atoms with Crippen molar-refractivity contribution in [2.24, 2.45) is 0 Å². The molecule has 6 heteroatoms. The lowest BCUT2D eigenvalue weighted by molar-refractivity contribution is -0.121. The average Bonchev–Trinajstić information content (AvgIpc) is 2.44. The number of nitrogens with one attached hydrogen (secondary N) is 2. The molecule has 128 valence electrons. The minimum absolute atomic E-state index is 0. The number of hydrogen-bond acceptors (Lipinski definition) is 3. The molecular weight excluding hydrogens is 321 g/mol. The Morgan fingerprint density at radius 3 is 2.32 bits per heavy atom. The van der Waals surface area contributed by atoms with E-state index in [0.29, 0.717) is 25.6 Å². The van der Waals surface area contributed by atoms with E-state index in [-0.39, 0.29) is 30.7 Å². The lowest BCUT2D eigenvalue weighted by Crippen LogP contribution is -2.28. The summed E-state index contributed by atoms with van der Waals surface area (Å²) in [5, 5.41) is 5.96. The third-order valence-corrected chi connectivity index (χ3v) is 3.50. The lowest BCUT2D eigenvalue weighted by Gasteiger charge is -2.22. The fourth-order valence-corrected chi connectivity index (χ4v) is 1.86. The minimum atomic E-state index is 0. The topological polar surface area (TPSA) is 44.4 Å². The summed E-state index contributed by atoms with van der Waals surface area (Å²) in [7, 11) is 3.97. The van der Waals surface area contributed by atoms with Crippen molar-refractivity contribution < 1.29 is 4.79 Å². The Balaban J connectivity index is 0. The molecule has 1 aromatic carbocycles. The Hall–Kier alpha value is -0.810. The maximum absolute atomic E-state index is 11.7. The van der Waals surface area contributed by atoms with E-state index in [1.807, 2.05) is 13.1 Å². The molecule has 22 heavy (non-hydrogen) atoms. The van der Waals surface area contributed by atoms with Crippen LogP contribution >= 0.6 is 24.8 Å². The first-order chi connectivity index (χ1) is 9.54. The van der Waals surface area contributed by atoms with Gasteiger partial charge in [0.05, 0.1) is 0 Å². The van der Waals surface area contributed by atoms with Gasteiger partial charge in [-0.3, -0.25) is 9.69 Å². The molecule has 2 N–H and O–H groups in total. The second-order valence-corrected chi connectivity index (χ2v) is 5.41. The zero-order valence-electron chi connectivity index (χ0n) is 13.9. The van der Waals surface area contributed by atoms with E-state index in [1.54, 1.807) is 0 Å². The monoisotopic (exact) mass is 349 g/mol. The van der Waals surface area contributed by atoms with Gasteiger partial charge >= 0.3 is 0 Å². The van der Waals surface area contributed by atoms with Crippen LogP contribution in [0, 0.1) is 0 Å². The van der Waals surface area contributed by atoms with Crippen LogP contribution in [0.1, 0.15) is 31.4 Å². The summed E-state index contributed by atoms with van der Waals surface area (Å²) in [5.74, 6) is 0.0892. The number of hydrogen-bond donors (Lipinski definition) is 2. The van der Waals surface area contributed by atoms with Crippen LogP contribution in [0.5, 0.6) is 0 Å². The van der Waals surface area contributed by atoms with E-state index < -0.39 is 0 Å². The molecule has 0 unspecified atom stereocenters. The van der Waals surface area contributed by atoms with Gasteiger partial charge in [0.1, 0.15) is 0 Å². The predicted octanol–water partition coefficient (Wildman–Crippen LogP) is 2.60. The fraction of sp³-hybridized carbons (Fsp3) is 0.562. The molecule has 0 fully saturated rings. The first-order valence-corrected chi connectivity index (χ1v) is 7.23. The van der Waals surface area contributed by atoms with E-state index in [9.17, 15) is 4.79 Å². The smallest absolute Gasteiger partial charge is 0.221 e. The van der Waals surface area contributed by atoms with Crippen LogP contribution in [-0.4, -0.2) is 37.5 Å². The van der Waals surface area contributed by atoms with Crippen LogP contribution in [-0.2, 0) is 17.9 Å². The second kappa shape index (κ2) is 12.7. The second-order valence-electron chi connectivity index (χ2n) is 5.41. The number of benzene rings is 1. The van der Waals surface area contributed by atoms with Gasteiger partial charge in [-0.1, -0.05) is 24.3 Å². The van der Waals surface area contributed by atoms with E-state index in [2.05, 4.69) is 54.6 Å². The Labute approximate surface area is 146 Å². The zero-order valence-corrected chi connectivity index (χ0v) is 15.5. The van der Waals surface area contributed by atoms with E-state index in [0.717, 1.165) is 6.54 Å². The molecule has 0 aliphatic rings. The summed E-state index contributed by atoms with van der Waals surface area (Å²) in [4.78, 5) is 13.9. The van der Waals surface area contributed by atoms with Crippen molar-refractivity contribution in [3.8, 4) is 0 Å². The van der Waals surface area contributed by atoms with Gasteiger partial charge in [-0.05, 0) is 39.1 Å². The highest BCUT2D eigenvalue weighted by atomic mass is 35.5. The quantitative estimate of drug-likeness (QED) is 0.758. The van der Waals surface area contributed by atoms with Gasteiger partial charge in [-0.25, -0.2) is 0 Å². The highest BCUT2D eigenvalue weighted by Crippen LogP contribution is 2.12. The molecule has 0 radical (unpaired) electrons. The largest absolute Gasteiger partial charge is 0.352 e. The zero-order chi connectivity index (χ0) is 15.0. The van der Waals surface area contributed by atoms with E-state index >= 15 is 0 Å². The van der Waals surface area contributed by atoms with Crippen molar-refractivity contribution in [1.29, 1.82) is 0 Å². The van der Waals surface area contributed by atoms with Crippen molar-refractivity contribution in [3.05, 3.63) is 35.4 Å². The first kappa shape index (κ1) is 23.5. The standard InChI is InChI=1S/C16H27N3O.2ClH/c1-13(2)19(4)12-15-8-6-5-7-14(15)11-18-16(20)9-10-17-3;;/h5-8,13,17H,9-12H2,1-4H3,(H,18,20);2*1H. The normalized spacial score (nSPS) is 10.1. The molecule has 0 aromatic heterocycles. The van der Waals surface area contributed by atoms with Crippen molar-refractivity contribution in [2.75, 3.05) is 20.6 Å². The lowest BCUT2D eigenvalue weighted by atomic mass is 10.1. The summed E-state index contributed by atoms with van der Waals surface area (Å²) < 4.78 is 0. The number of carbonyl (C=O) groups is 1. The molecule has 0 aliphatic heterocycles. The van der Waals surface area contributed by atoms with Gasteiger partial charge in [0.15, 0.2) is 0 Å². The maximum Gasteiger partial charge on any atom is 0.221 e. The molecule has 0 heterocycles. The number of rotatable bonds is 8. The van der Waals surface area contributed by atoms with Gasteiger partial charge in [0.25, 0.3) is 0 Å². The van der Waals surface area contributed by atoms with Crippen LogP contribution in [0.15, 0.2) is 24.3 Å². The predicted molar refractivity (Wildman–Crippen MR) is 97.9 cm³/mol. The van der Waals surface area contributed by atoms with Gasteiger partial charge in [-0.15, -0.1) is 24.8 Å². The number of nitrogens with zero attached hydrogens (tertiary/aromatic N) is 1. The van der Waals surface area contributed by atoms with E-state index in [4.69, 9.17) is 0 Å². The van der Waals surface area contributed by atoms with Crippen LogP contribution in [0.4, 0.5) is 0 Å². The molecule has 0 bridgehead atoms. The number of carbonyl (C=O) groups excluding carboxylic acids is 1. The van der Waals surface area contributed by atoms with Crippen molar-refractivity contribution in [2.45, 2.75) is 39.4 Å². The van der Waals surface area contributed by atoms with Crippen molar-refractivity contribution in [1.82, 2.24) is 15.5 Å². The molecule has 1 aromatic rings. The molecule has 0 atom stereocenters. The highest BCUT2D eigenvalue weighted by Gasteiger charge is 2.08. The summed E-state index contributed by atoms with van der Waals surface area (Å²) in [5.41, 5.74) is 2.47. The molecule has 1 rings (SSSR count). The minimum Gasteiger partial charge on any atom is -0.352 e. The van der Waals surface area contributed by atoms with Gasteiger partial charge in [0, 0.05) is 32.1 Å². The fourth-order valence-electron chi connectivity index (χ4n) is 1.86. The molecular formula is C16H29Cl2N3O. The number of halogens is 2. The van der Waals surface area contributed by atoms with Gasteiger partial charge in [0.2, 0.25) is 5.91 Å². The Bertz CT molecular complexity index is 428. The Morgan fingerprint density at radius 1 is 1.18 bits per heavy atom. The van der Waals surface area contributed by atoms with Crippen molar-refractivity contribution in [3.63, 3.8) is 0 Å².